The van der Waals surface area contributed by atoms with Gasteiger partial charge in [-0.25, -0.2) is 0 Å². The number of hydrogen-bond acceptors (Lipinski definition) is 2. The number of Topliss-reactive ketones (excluding diaryl/α,β-unsaturated/α-hetero) is 1. The zero-order chi connectivity index (χ0) is 10.3. The Balaban J connectivity index is 2.32. The molecule has 3 nitrogen and oxygen atoms in total. The average Bonchev–Trinajstić information content (AvgIpc) is 2.81. The van der Waals surface area contributed by atoms with E-state index < -0.39 is 0 Å². The Morgan fingerprint density at radius 2 is 2.29 bits per heavy atom. The third kappa shape index (κ3) is 1.60. The van der Waals surface area contributed by atoms with Crippen LogP contribution in [0.15, 0.2) is 6.20 Å². The van der Waals surface area contributed by atoms with Crippen molar-refractivity contribution in [2.24, 2.45) is 0 Å². The maximum Gasteiger partial charge on any atom is 0.161 e. The van der Waals surface area contributed by atoms with Crippen molar-refractivity contribution >= 4 is 5.78 Å². The molecule has 1 atom stereocenters. The van der Waals surface area contributed by atoms with Crippen LogP contribution in [0.25, 0.3) is 0 Å². The SMILES string of the molecule is CC(=O)c1c(C)cn(CC2CO2)c1C. The molecule has 0 aromatic carbocycles. The monoisotopic (exact) mass is 193 g/mol. The van der Waals surface area contributed by atoms with Crippen molar-refractivity contribution in [1.29, 1.82) is 0 Å². The number of ketones is 1. The fraction of sp³-hybridized carbons (Fsp3) is 0.545. The number of aryl methyl sites for hydroxylation is 1. The molecular weight excluding hydrogens is 178 g/mol. The molecule has 76 valence electrons. The van der Waals surface area contributed by atoms with E-state index in [2.05, 4.69) is 4.57 Å². The van der Waals surface area contributed by atoms with Crippen LogP contribution in [-0.4, -0.2) is 23.1 Å². The molecular formula is C11H15NO2. The molecule has 0 aliphatic carbocycles. The molecule has 0 N–H and O–H groups in total. The Labute approximate surface area is 83.7 Å². The van der Waals surface area contributed by atoms with Crippen LogP contribution in [0.2, 0.25) is 0 Å². The van der Waals surface area contributed by atoms with Crippen molar-refractivity contribution < 1.29 is 9.53 Å². The van der Waals surface area contributed by atoms with E-state index in [0.29, 0.717) is 6.10 Å². The number of carbonyl (C=O) groups is 1. The van der Waals surface area contributed by atoms with Gasteiger partial charge in [-0.3, -0.25) is 4.79 Å². The zero-order valence-electron chi connectivity index (χ0n) is 8.83. The van der Waals surface area contributed by atoms with Crippen LogP contribution < -0.4 is 0 Å². The fourth-order valence-corrected chi connectivity index (χ4v) is 1.94. The molecule has 3 heteroatoms. The maximum atomic E-state index is 11.4. The first-order chi connectivity index (χ1) is 6.59. The van der Waals surface area contributed by atoms with Gasteiger partial charge in [0.25, 0.3) is 0 Å². The second kappa shape index (κ2) is 3.24. The molecule has 0 radical (unpaired) electrons. The molecule has 1 aromatic rings. The number of carbonyl (C=O) groups excluding carboxylic acids is 1. The first kappa shape index (κ1) is 9.46. The molecule has 0 saturated carbocycles. The lowest BCUT2D eigenvalue weighted by molar-refractivity contribution is 0.101. The number of nitrogens with zero attached hydrogens (tertiary/aromatic N) is 1. The molecule has 0 amide bonds. The molecule has 1 saturated heterocycles. The molecule has 0 bridgehead atoms. The number of hydrogen-bond donors (Lipinski definition) is 0. The summed E-state index contributed by atoms with van der Waals surface area (Å²) in [7, 11) is 0. The second-order valence-electron chi connectivity index (χ2n) is 3.94. The molecule has 1 aliphatic heterocycles. The third-order valence-electron chi connectivity index (χ3n) is 2.69. The van der Waals surface area contributed by atoms with Crippen LogP contribution in [0.1, 0.15) is 28.5 Å². The Morgan fingerprint density at radius 3 is 2.71 bits per heavy atom. The molecule has 1 unspecified atom stereocenters. The van der Waals surface area contributed by atoms with Crippen molar-refractivity contribution in [2.45, 2.75) is 33.4 Å². The minimum atomic E-state index is 0.149. The molecule has 2 rings (SSSR count). The summed E-state index contributed by atoms with van der Waals surface area (Å²) in [6, 6.07) is 0. The van der Waals surface area contributed by atoms with Gasteiger partial charge >= 0.3 is 0 Å². The molecule has 1 fully saturated rings. The quantitative estimate of drug-likeness (QED) is 0.541. The van der Waals surface area contributed by atoms with E-state index in [9.17, 15) is 4.79 Å². The largest absolute Gasteiger partial charge is 0.371 e. The van der Waals surface area contributed by atoms with Crippen LogP contribution in [0.4, 0.5) is 0 Å². The highest BCUT2D eigenvalue weighted by atomic mass is 16.6. The van der Waals surface area contributed by atoms with E-state index in [1.807, 2.05) is 20.0 Å². The summed E-state index contributed by atoms with van der Waals surface area (Å²) in [5.41, 5.74) is 2.99. The van der Waals surface area contributed by atoms with E-state index in [0.717, 1.165) is 30.0 Å². The van der Waals surface area contributed by atoms with Crippen molar-refractivity contribution in [2.75, 3.05) is 6.61 Å². The summed E-state index contributed by atoms with van der Waals surface area (Å²) in [6.45, 7) is 7.32. The molecule has 1 aromatic heterocycles. The lowest BCUT2D eigenvalue weighted by Crippen LogP contribution is -2.05. The summed E-state index contributed by atoms with van der Waals surface area (Å²) < 4.78 is 7.29. The van der Waals surface area contributed by atoms with Gasteiger partial charge in [0.1, 0.15) is 0 Å². The molecule has 0 spiro atoms. The first-order valence-electron chi connectivity index (χ1n) is 4.88. The minimum absolute atomic E-state index is 0.149. The summed E-state index contributed by atoms with van der Waals surface area (Å²) in [6.07, 6.45) is 2.40. The average molecular weight is 193 g/mol. The summed E-state index contributed by atoms with van der Waals surface area (Å²) in [5.74, 6) is 0.149. The van der Waals surface area contributed by atoms with Crippen LogP contribution >= 0.6 is 0 Å². The normalized spacial score (nSPS) is 19.8. The zero-order valence-corrected chi connectivity index (χ0v) is 8.83. The van der Waals surface area contributed by atoms with Gasteiger partial charge in [0, 0.05) is 17.5 Å². The van der Waals surface area contributed by atoms with Crippen molar-refractivity contribution in [3.05, 3.63) is 23.0 Å². The molecule has 1 aliphatic rings. The summed E-state index contributed by atoms with van der Waals surface area (Å²) in [5, 5.41) is 0. The first-order valence-corrected chi connectivity index (χ1v) is 4.88. The van der Waals surface area contributed by atoms with Gasteiger partial charge in [-0.05, 0) is 26.3 Å². The summed E-state index contributed by atoms with van der Waals surface area (Å²) in [4.78, 5) is 11.4. The predicted octanol–water partition coefficient (Wildman–Crippen LogP) is 1.71. The number of epoxide rings is 1. The standard InChI is InChI=1S/C11H15NO2/c1-7-4-12(5-10-6-14-10)8(2)11(7)9(3)13/h4,10H,5-6H2,1-3H3. The predicted molar refractivity (Wildman–Crippen MR) is 53.7 cm³/mol. The van der Waals surface area contributed by atoms with Crippen molar-refractivity contribution in [3.63, 3.8) is 0 Å². The maximum absolute atomic E-state index is 11.4. The van der Waals surface area contributed by atoms with Gasteiger partial charge in [-0.1, -0.05) is 0 Å². The fourth-order valence-electron chi connectivity index (χ4n) is 1.94. The van der Waals surface area contributed by atoms with Crippen LogP contribution in [0, 0.1) is 13.8 Å². The van der Waals surface area contributed by atoms with E-state index in [4.69, 9.17) is 4.74 Å². The number of rotatable bonds is 3. The van der Waals surface area contributed by atoms with Crippen molar-refractivity contribution in [3.8, 4) is 0 Å². The van der Waals surface area contributed by atoms with Crippen molar-refractivity contribution in [1.82, 2.24) is 4.57 Å². The van der Waals surface area contributed by atoms with Gasteiger partial charge < -0.3 is 9.30 Å². The van der Waals surface area contributed by atoms with E-state index in [1.54, 1.807) is 6.92 Å². The van der Waals surface area contributed by atoms with Gasteiger partial charge in [0.2, 0.25) is 0 Å². The third-order valence-corrected chi connectivity index (χ3v) is 2.69. The summed E-state index contributed by atoms with van der Waals surface area (Å²) >= 11 is 0. The lowest BCUT2D eigenvalue weighted by Gasteiger charge is -2.03. The molecule has 14 heavy (non-hydrogen) atoms. The van der Waals surface area contributed by atoms with E-state index in [-0.39, 0.29) is 5.78 Å². The number of ether oxygens (including phenoxy) is 1. The van der Waals surface area contributed by atoms with E-state index in [1.165, 1.54) is 0 Å². The highest BCUT2D eigenvalue weighted by Gasteiger charge is 2.24. The highest BCUT2D eigenvalue weighted by Crippen LogP contribution is 2.20. The van der Waals surface area contributed by atoms with Crippen LogP contribution in [-0.2, 0) is 11.3 Å². The second-order valence-corrected chi connectivity index (χ2v) is 3.94. The highest BCUT2D eigenvalue weighted by molar-refractivity contribution is 5.96. The Bertz CT molecular complexity index is 375. The topological polar surface area (TPSA) is 34.5 Å². The Kier molecular flexibility index (Phi) is 2.19. The minimum Gasteiger partial charge on any atom is -0.371 e. The Hall–Kier alpha value is -1.09. The lowest BCUT2D eigenvalue weighted by atomic mass is 10.1. The van der Waals surface area contributed by atoms with Gasteiger partial charge in [0.15, 0.2) is 5.78 Å². The van der Waals surface area contributed by atoms with Gasteiger partial charge in [-0.15, -0.1) is 0 Å². The van der Waals surface area contributed by atoms with Crippen LogP contribution in [0.3, 0.4) is 0 Å². The van der Waals surface area contributed by atoms with Crippen LogP contribution in [0.5, 0.6) is 0 Å². The van der Waals surface area contributed by atoms with Gasteiger partial charge in [0.05, 0.1) is 19.3 Å². The Morgan fingerprint density at radius 1 is 1.64 bits per heavy atom. The van der Waals surface area contributed by atoms with Gasteiger partial charge in [-0.2, -0.15) is 0 Å². The molecule has 2 heterocycles. The smallest absolute Gasteiger partial charge is 0.161 e. The number of aromatic nitrogens is 1. The van der Waals surface area contributed by atoms with E-state index >= 15 is 0 Å².